The van der Waals surface area contributed by atoms with E-state index in [9.17, 15) is 0 Å². The summed E-state index contributed by atoms with van der Waals surface area (Å²) in [5, 5.41) is 2.48. The summed E-state index contributed by atoms with van der Waals surface area (Å²) >= 11 is 7.26. The molecule has 0 unspecified atom stereocenters. The molecule has 0 aliphatic carbocycles. The molecule has 0 aliphatic rings. The zero-order valence-electron chi connectivity index (χ0n) is 14.3. The van der Waals surface area contributed by atoms with Gasteiger partial charge >= 0.3 is 0 Å². The summed E-state index contributed by atoms with van der Waals surface area (Å²) in [6.07, 6.45) is 4.29. The maximum atomic E-state index is 3.63. The van der Waals surface area contributed by atoms with E-state index in [-0.39, 0.29) is 5.92 Å². The van der Waals surface area contributed by atoms with Crippen molar-refractivity contribution in [3.63, 3.8) is 0 Å². The summed E-state index contributed by atoms with van der Waals surface area (Å²) in [5.41, 5.74) is 6.13. The molecule has 27 heavy (non-hydrogen) atoms. The first-order valence-electron chi connectivity index (χ1n) is 8.79. The quantitative estimate of drug-likeness (QED) is 0.271. The molecule has 0 radical (unpaired) electrons. The molecule has 2 heterocycles. The van der Waals surface area contributed by atoms with Gasteiger partial charge in [-0.3, -0.25) is 0 Å². The van der Waals surface area contributed by atoms with Crippen LogP contribution >= 0.6 is 31.9 Å². The van der Waals surface area contributed by atoms with Gasteiger partial charge in [0.15, 0.2) is 0 Å². The SMILES string of the molecule is Brc1ccc2[nH]cc(C(c3ccccc3)c3c[nH]c4ccc(Br)cc34)c2c1. The summed E-state index contributed by atoms with van der Waals surface area (Å²) in [5.74, 6) is 0.136. The Labute approximate surface area is 173 Å². The van der Waals surface area contributed by atoms with Crippen molar-refractivity contribution >= 4 is 53.7 Å². The van der Waals surface area contributed by atoms with Gasteiger partial charge in [-0.15, -0.1) is 0 Å². The van der Waals surface area contributed by atoms with Crippen LogP contribution in [0, 0.1) is 0 Å². The average Bonchev–Trinajstić information content (AvgIpc) is 3.28. The fourth-order valence-electron chi connectivity index (χ4n) is 3.88. The Bertz CT molecular complexity index is 1170. The number of nitrogens with one attached hydrogen (secondary N) is 2. The molecule has 0 spiro atoms. The number of aromatic nitrogens is 2. The van der Waals surface area contributed by atoms with Crippen molar-refractivity contribution in [2.45, 2.75) is 5.92 Å². The number of hydrogen-bond acceptors (Lipinski definition) is 0. The van der Waals surface area contributed by atoms with Gasteiger partial charge < -0.3 is 9.97 Å². The van der Waals surface area contributed by atoms with Crippen molar-refractivity contribution in [2.24, 2.45) is 0 Å². The van der Waals surface area contributed by atoms with E-state index in [2.05, 4.69) is 121 Å². The van der Waals surface area contributed by atoms with Gasteiger partial charge in [0.2, 0.25) is 0 Å². The van der Waals surface area contributed by atoms with Gasteiger partial charge in [0.25, 0.3) is 0 Å². The standard InChI is InChI=1S/C23H16Br2N2/c24-15-6-8-21-17(10-15)19(12-26-21)23(14-4-2-1-3-5-14)20-13-27-22-9-7-16(25)11-18(20)22/h1-13,23,26-27H. The molecular weight excluding hydrogens is 464 g/mol. The van der Waals surface area contributed by atoms with Crippen LogP contribution in [-0.2, 0) is 0 Å². The number of benzene rings is 3. The van der Waals surface area contributed by atoms with Crippen LogP contribution in [0.2, 0.25) is 0 Å². The van der Waals surface area contributed by atoms with Crippen LogP contribution in [0.15, 0.2) is 88.1 Å². The van der Waals surface area contributed by atoms with Crippen LogP contribution in [0.4, 0.5) is 0 Å². The Morgan fingerprint density at radius 3 is 1.67 bits per heavy atom. The van der Waals surface area contributed by atoms with E-state index in [4.69, 9.17) is 0 Å². The van der Waals surface area contributed by atoms with E-state index in [1.54, 1.807) is 0 Å². The largest absolute Gasteiger partial charge is 0.361 e. The van der Waals surface area contributed by atoms with Crippen LogP contribution in [0.1, 0.15) is 22.6 Å². The third-order valence-corrected chi connectivity index (χ3v) is 6.09. The van der Waals surface area contributed by atoms with Gasteiger partial charge in [-0.2, -0.15) is 0 Å². The van der Waals surface area contributed by atoms with Crippen LogP contribution in [0.5, 0.6) is 0 Å². The Morgan fingerprint density at radius 2 is 1.15 bits per heavy atom. The van der Waals surface area contributed by atoms with Gasteiger partial charge in [-0.25, -0.2) is 0 Å². The molecule has 0 atom stereocenters. The van der Waals surface area contributed by atoms with Gasteiger partial charge in [-0.05, 0) is 53.1 Å². The summed E-state index contributed by atoms with van der Waals surface area (Å²) < 4.78 is 2.17. The second kappa shape index (κ2) is 6.70. The Hall–Kier alpha value is -2.30. The highest BCUT2D eigenvalue weighted by molar-refractivity contribution is 9.10. The molecule has 5 aromatic rings. The van der Waals surface area contributed by atoms with E-state index >= 15 is 0 Å². The number of fused-ring (bicyclic) bond motifs is 2. The maximum absolute atomic E-state index is 3.63. The molecule has 0 bridgehead atoms. The summed E-state index contributed by atoms with van der Waals surface area (Å²) in [6, 6.07) is 23.5. The topological polar surface area (TPSA) is 31.6 Å². The van der Waals surface area contributed by atoms with Gasteiger partial charge in [0.05, 0.1) is 0 Å². The first kappa shape index (κ1) is 16.8. The zero-order chi connectivity index (χ0) is 18.4. The smallest absolute Gasteiger partial charge is 0.0457 e. The van der Waals surface area contributed by atoms with Gasteiger partial charge in [0, 0.05) is 49.1 Å². The molecule has 2 nitrogen and oxygen atoms in total. The Balaban J connectivity index is 1.81. The minimum absolute atomic E-state index is 0.136. The minimum Gasteiger partial charge on any atom is -0.361 e. The molecule has 4 heteroatoms. The lowest BCUT2D eigenvalue weighted by molar-refractivity contribution is 0.998. The highest BCUT2D eigenvalue weighted by Gasteiger charge is 2.23. The lowest BCUT2D eigenvalue weighted by atomic mass is 9.85. The number of aromatic amines is 2. The van der Waals surface area contributed by atoms with E-state index in [1.165, 1.54) is 27.5 Å². The van der Waals surface area contributed by atoms with Crippen LogP contribution < -0.4 is 0 Å². The number of rotatable bonds is 3. The second-order valence-corrected chi connectivity index (χ2v) is 8.54. The van der Waals surface area contributed by atoms with Crippen LogP contribution in [0.3, 0.4) is 0 Å². The summed E-state index contributed by atoms with van der Waals surface area (Å²) in [4.78, 5) is 6.89. The Kier molecular flexibility index (Phi) is 4.18. The first-order valence-corrected chi connectivity index (χ1v) is 10.4. The lowest BCUT2D eigenvalue weighted by Crippen LogP contribution is -2.02. The molecule has 2 aromatic heterocycles. The monoisotopic (exact) mass is 478 g/mol. The van der Waals surface area contributed by atoms with Crippen molar-refractivity contribution in [3.05, 3.63) is 105 Å². The second-order valence-electron chi connectivity index (χ2n) is 6.71. The minimum atomic E-state index is 0.136. The van der Waals surface area contributed by atoms with E-state index in [0.29, 0.717) is 0 Å². The molecule has 0 fully saturated rings. The van der Waals surface area contributed by atoms with Gasteiger partial charge in [0.1, 0.15) is 0 Å². The van der Waals surface area contributed by atoms with Crippen molar-refractivity contribution in [2.75, 3.05) is 0 Å². The van der Waals surface area contributed by atoms with Crippen molar-refractivity contribution < 1.29 is 0 Å². The Morgan fingerprint density at radius 1 is 0.630 bits per heavy atom. The number of hydrogen-bond donors (Lipinski definition) is 2. The molecule has 0 saturated heterocycles. The average molecular weight is 480 g/mol. The highest BCUT2D eigenvalue weighted by Crippen LogP contribution is 2.40. The zero-order valence-corrected chi connectivity index (χ0v) is 17.5. The predicted octanol–water partition coefficient (Wildman–Crippen LogP) is 7.35. The summed E-state index contributed by atoms with van der Waals surface area (Å²) in [6.45, 7) is 0. The lowest BCUT2D eigenvalue weighted by Gasteiger charge is -2.17. The van der Waals surface area contributed by atoms with Gasteiger partial charge in [-0.1, -0.05) is 62.2 Å². The molecule has 5 rings (SSSR count). The molecule has 3 aromatic carbocycles. The fourth-order valence-corrected chi connectivity index (χ4v) is 4.60. The maximum Gasteiger partial charge on any atom is 0.0457 e. The van der Waals surface area contributed by atoms with Crippen LogP contribution in [-0.4, -0.2) is 9.97 Å². The molecule has 2 N–H and O–H groups in total. The highest BCUT2D eigenvalue weighted by atomic mass is 79.9. The first-order chi connectivity index (χ1) is 13.2. The third kappa shape index (κ3) is 2.93. The van der Waals surface area contributed by atoms with Crippen LogP contribution in [0.25, 0.3) is 21.8 Å². The molecular formula is C23H16Br2N2. The van der Waals surface area contributed by atoms with Crippen molar-refractivity contribution in [1.82, 2.24) is 9.97 Å². The normalized spacial score (nSPS) is 11.7. The van der Waals surface area contributed by atoms with E-state index in [0.717, 1.165) is 20.0 Å². The van der Waals surface area contributed by atoms with Crippen molar-refractivity contribution in [1.29, 1.82) is 0 Å². The van der Waals surface area contributed by atoms with E-state index < -0.39 is 0 Å². The summed E-state index contributed by atoms with van der Waals surface area (Å²) in [7, 11) is 0. The molecule has 0 saturated carbocycles. The van der Waals surface area contributed by atoms with Crippen molar-refractivity contribution in [3.8, 4) is 0 Å². The predicted molar refractivity (Wildman–Crippen MR) is 119 cm³/mol. The molecule has 0 aliphatic heterocycles. The molecule has 132 valence electrons. The fraction of sp³-hybridized carbons (Fsp3) is 0.0435. The number of H-pyrrole nitrogens is 2. The number of halogens is 2. The van der Waals surface area contributed by atoms with E-state index in [1.807, 2.05) is 0 Å². The molecule has 0 amide bonds. The third-order valence-electron chi connectivity index (χ3n) is 5.11.